The van der Waals surface area contributed by atoms with Crippen molar-refractivity contribution in [3.05, 3.63) is 35.9 Å². The van der Waals surface area contributed by atoms with Gasteiger partial charge in [-0.3, -0.25) is 4.84 Å². The first-order valence-corrected chi connectivity index (χ1v) is 6.26. The van der Waals surface area contributed by atoms with E-state index in [1.54, 1.807) is 6.92 Å². The predicted octanol–water partition coefficient (Wildman–Crippen LogP) is 1.86. The normalized spacial score (nSPS) is 23.5. The van der Waals surface area contributed by atoms with E-state index >= 15 is 0 Å². The molecule has 6 nitrogen and oxygen atoms in total. The van der Waals surface area contributed by atoms with E-state index in [0.29, 0.717) is 25.7 Å². The van der Waals surface area contributed by atoms with Gasteiger partial charge in [-0.2, -0.15) is 0 Å². The summed E-state index contributed by atoms with van der Waals surface area (Å²) >= 11 is 0. The lowest BCUT2D eigenvalue weighted by molar-refractivity contribution is -0.248. The molecule has 2 heterocycles. The van der Waals surface area contributed by atoms with Gasteiger partial charge in [0.15, 0.2) is 0 Å². The molecule has 3 rings (SSSR count). The zero-order valence-electron chi connectivity index (χ0n) is 10.7. The van der Waals surface area contributed by atoms with Crippen molar-refractivity contribution in [3.8, 4) is 0 Å². The third-order valence-corrected chi connectivity index (χ3v) is 2.94. The van der Waals surface area contributed by atoms with Gasteiger partial charge < -0.3 is 4.74 Å². The monoisotopic (exact) mass is 264 g/mol. The van der Waals surface area contributed by atoms with Crippen molar-refractivity contribution in [2.24, 2.45) is 11.0 Å². The summed E-state index contributed by atoms with van der Waals surface area (Å²) < 4.78 is 5.66. The first kappa shape index (κ1) is 12.4. The fourth-order valence-corrected chi connectivity index (χ4v) is 1.95. The average Bonchev–Trinajstić information content (AvgIpc) is 3.06. The third kappa shape index (κ3) is 2.86. The van der Waals surface area contributed by atoms with Gasteiger partial charge in [0.1, 0.15) is 0 Å². The lowest BCUT2D eigenvalue weighted by Crippen LogP contribution is -2.25. The van der Waals surface area contributed by atoms with Gasteiger partial charge in [-0.1, -0.05) is 30.3 Å². The Morgan fingerprint density at radius 1 is 1.26 bits per heavy atom. The van der Waals surface area contributed by atoms with E-state index in [2.05, 4.69) is 5.10 Å². The molecule has 1 fully saturated rings. The maximum Gasteiger partial charge on any atom is 0.240 e. The fraction of sp³-hybridized carbons (Fsp3) is 0.462. The van der Waals surface area contributed by atoms with Crippen LogP contribution >= 0.6 is 0 Å². The zero-order valence-corrected chi connectivity index (χ0v) is 10.7. The number of rotatable bonds is 4. The SMILES string of the molecule is CC1=NN(OCC2COOC2)C(c2ccccc2)O1. The second-order valence-corrected chi connectivity index (χ2v) is 4.53. The van der Waals surface area contributed by atoms with E-state index < -0.39 is 0 Å². The first-order valence-electron chi connectivity index (χ1n) is 6.26. The first-order chi connectivity index (χ1) is 9.33. The van der Waals surface area contributed by atoms with Gasteiger partial charge >= 0.3 is 0 Å². The minimum atomic E-state index is -0.329. The van der Waals surface area contributed by atoms with Crippen molar-refractivity contribution >= 4 is 5.90 Å². The van der Waals surface area contributed by atoms with Crippen LogP contribution in [0.2, 0.25) is 0 Å². The number of nitrogens with zero attached hydrogens (tertiary/aromatic N) is 2. The van der Waals surface area contributed by atoms with Crippen molar-refractivity contribution in [3.63, 3.8) is 0 Å². The highest BCUT2D eigenvalue weighted by molar-refractivity contribution is 5.74. The Bertz CT molecular complexity index is 445. The summed E-state index contributed by atoms with van der Waals surface area (Å²) in [6.07, 6.45) is -0.329. The molecule has 1 aromatic carbocycles. The van der Waals surface area contributed by atoms with Crippen LogP contribution in [0.25, 0.3) is 0 Å². The Balaban J connectivity index is 1.64. The Morgan fingerprint density at radius 3 is 2.74 bits per heavy atom. The molecule has 0 bridgehead atoms. The summed E-state index contributed by atoms with van der Waals surface area (Å²) in [4.78, 5) is 15.4. The number of hydroxylamine groups is 1. The molecular formula is C13H16N2O4. The van der Waals surface area contributed by atoms with Gasteiger partial charge in [-0.25, -0.2) is 9.78 Å². The van der Waals surface area contributed by atoms with Gasteiger partial charge in [0.2, 0.25) is 12.1 Å². The zero-order chi connectivity index (χ0) is 13.1. The summed E-state index contributed by atoms with van der Waals surface area (Å²) in [5.74, 6) is 0.820. The van der Waals surface area contributed by atoms with Crippen molar-refractivity contribution in [2.45, 2.75) is 13.2 Å². The smallest absolute Gasteiger partial charge is 0.240 e. The van der Waals surface area contributed by atoms with Gasteiger partial charge in [-0.15, -0.1) is 10.3 Å². The van der Waals surface area contributed by atoms with Crippen LogP contribution in [0.1, 0.15) is 18.7 Å². The highest BCUT2D eigenvalue weighted by Crippen LogP contribution is 2.28. The lowest BCUT2D eigenvalue weighted by atomic mass is 10.2. The Hall–Kier alpha value is -1.63. The molecule has 1 saturated heterocycles. The molecule has 0 amide bonds. The van der Waals surface area contributed by atoms with Crippen LogP contribution in [0.5, 0.6) is 0 Å². The van der Waals surface area contributed by atoms with Crippen LogP contribution in [0.15, 0.2) is 35.4 Å². The van der Waals surface area contributed by atoms with E-state index in [1.165, 1.54) is 5.17 Å². The minimum absolute atomic E-state index is 0.229. The Kier molecular flexibility index (Phi) is 3.63. The van der Waals surface area contributed by atoms with Crippen molar-refractivity contribution < 1.29 is 19.3 Å². The highest BCUT2D eigenvalue weighted by Gasteiger charge is 2.30. The fourth-order valence-electron chi connectivity index (χ4n) is 1.95. The number of hydrogen-bond donors (Lipinski definition) is 0. The molecule has 6 heteroatoms. The van der Waals surface area contributed by atoms with Crippen molar-refractivity contribution in [1.82, 2.24) is 5.17 Å². The van der Waals surface area contributed by atoms with Crippen LogP contribution in [-0.2, 0) is 19.3 Å². The van der Waals surface area contributed by atoms with E-state index in [9.17, 15) is 0 Å². The molecule has 2 aliphatic rings. The van der Waals surface area contributed by atoms with E-state index in [-0.39, 0.29) is 12.1 Å². The molecular weight excluding hydrogens is 248 g/mol. The van der Waals surface area contributed by atoms with Gasteiger partial charge in [0.05, 0.1) is 19.8 Å². The quantitative estimate of drug-likeness (QED) is 0.777. The summed E-state index contributed by atoms with van der Waals surface area (Å²) in [7, 11) is 0. The maximum atomic E-state index is 5.69. The molecule has 2 aliphatic heterocycles. The van der Waals surface area contributed by atoms with Crippen LogP contribution in [0.3, 0.4) is 0 Å². The second kappa shape index (κ2) is 5.56. The molecule has 0 aliphatic carbocycles. The topological polar surface area (TPSA) is 52.5 Å². The number of benzene rings is 1. The Labute approximate surface area is 111 Å². The summed E-state index contributed by atoms with van der Waals surface area (Å²) in [5.41, 5.74) is 1.00. The molecule has 1 aromatic rings. The van der Waals surface area contributed by atoms with Gasteiger partial charge in [0, 0.05) is 18.4 Å². The van der Waals surface area contributed by atoms with Crippen LogP contribution in [0, 0.1) is 5.92 Å². The highest BCUT2D eigenvalue weighted by atomic mass is 17.2. The minimum Gasteiger partial charge on any atom is -0.448 e. The molecule has 0 saturated carbocycles. The van der Waals surface area contributed by atoms with E-state index in [1.807, 2.05) is 30.3 Å². The van der Waals surface area contributed by atoms with Crippen LogP contribution in [-0.4, -0.2) is 30.9 Å². The molecule has 0 N–H and O–H groups in total. The molecule has 1 atom stereocenters. The molecule has 102 valence electrons. The number of hydrogen-bond acceptors (Lipinski definition) is 6. The predicted molar refractivity (Wildman–Crippen MR) is 66.6 cm³/mol. The summed E-state index contributed by atoms with van der Waals surface area (Å²) in [5, 5.41) is 5.73. The van der Waals surface area contributed by atoms with E-state index in [4.69, 9.17) is 19.3 Å². The van der Waals surface area contributed by atoms with Gasteiger partial charge in [-0.05, 0) is 0 Å². The van der Waals surface area contributed by atoms with Crippen LogP contribution < -0.4 is 0 Å². The molecule has 0 spiro atoms. The molecule has 0 aromatic heterocycles. The number of hydrazone groups is 1. The molecule has 1 unspecified atom stereocenters. The van der Waals surface area contributed by atoms with Crippen molar-refractivity contribution in [2.75, 3.05) is 19.8 Å². The standard InChI is InChI=1S/C13H16N2O4/c1-10-14-15(16-7-11-8-17-18-9-11)13(19-10)12-5-3-2-4-6-12/h2-6,11,13H,7-9H2,1H3. The largest absolute Gasteiger partial charge is 0.448 e. The average molecular weight is 264 g/mol. The molecule has 0 radical (unpaired) electrons. The lowest BCUT2D eigenvalue weighted by Gasteiger charge is -2.22. The molecule has 19 heavy (non-hydrogen) atoms. The summed E-state index contributed by atoms with van der Waals surface area (Å²) in [6.45, 7) is 3.39. The van der Waals surface area contributed by atoms with Gasteiger partial charge in [0.25, 0.3) is 0 Å². The van der Waals surface area contributed by atoms with E-state index in [0.717, 1.165) is 5.56 Å². The Morgan fingerprint density at radius 2 is 2.00 bits per heavy atom. The summed E-state index contributed by atoms with van der Waals surface area (Å²) in [6, 6.07) is 9.85. The maximum absolute atomic E-state index is 5.69. The van der Waals surface area contributed by atoms with Crippen molar-refractivity contribution in [1.29, 1.82) is 0 Å². The number of ether oxygens (including phenoxy) is 1. The third-order valence-electron chi connectivity index (χ3n) is 2.94. The van der Waals surface area contributed by atoms with Crippen LogP contribution in [0.4, 0.5) is 0 Å². The second-order valence-electron chi connectivity index (χ2n) is 4.53.